The van der Waals surface area contributed by atoms with E-state index >= 15 is 0 Å². The Morgan fingerprint density at radius 2 is 1.10 bits per heavy atom. The molecule has 0 atom stereocenters. The van der Waals surface area contributed by atoms with Gasteiger partial charge in [0.2, 0.25) is 0 Å². The molecule has 0 aromatic rings. The van der Waals surface area contributed by atoms with Gasteiger partial charge in [0.25, 0.3) is 0 Å². The monoisotopic (exact) mass is 432 g/mol. The number of rotatable bonds is 22. The number of carboxylic acid groups (broad SMARTS) is 1. The van der Waals surface area contributed by atoms with Crippen molar-refractivity contribution in [1.82, 2.24) is 0 Å². The fourth-order valence-corrected chi connectivity index (χ4v) is 2.80. The van der Waals surface area contributed by atoms with Crippen molar-refractivity contribution in [3.05, 3.63) is 12.2 Å². The predicted octanol–water partition coefficient (Wildman–Crippen LogP) is 5.11. The van der Waals surface area contributed by atoms with Crippen LogP contribution in [0.15, 0.2) is 12.2 Å². The van der Waals surface area contributed by atoms with E-state index in [1.54, 1.807) is 0 Å². The number of unbranched alkanes of at least 4 members (excludes halogenated alkanes) is 11. The molecule has 6 heteroatoms. The van der Waals surface area contributed by atoms with E-state index in [0.717, 1.165) is 12.8 Å². The first kappa shape index (κ1) is 31.2. The lowest BCUT2D eigenvalue weighted by Crippen LogP contribution is -2.09. The van der Waals surface area contributed by atoms with Crippen LogP contribution in [0.2, 0.25) is 0 Å². The van der Waals surface area contributed by atoms with E-state index in [0.29, 0.717) is 32.8 Å². The second-order valence-corrected chi connectivity index (χ2v) is 7.40. The molecule has 0 unspecified atom stereocenters. The average Bonchev–Trinajstić information content (AvgIpc) is 2.74. The van der Waals surface area contributed by atoms with Gasteiger partial charge < -0.3 is 24.8 Å². The summed E-state index contributed by atoms with van der Waals surface area (Å²) in [6, 6.07) is 0. The largest absolute Gasteiger partial charge is 0.481 e. The summed E-state index contributed by atoms with van der Waals surface area (Å²) >= 11 is 0. The summed E-state index contributed by atoms with van der Waals surface area (Å²) < 4.78 is 9.75. The van der Waals surface area contributed by atoms with Crippen LogP contribution in [0.1, 0.15) is 96.8 Å². The number of allylic oxidation sites excluding steroid dienone is 2. The van der Waals surface area contributed by atoms with E-state index in [2.05, 4.69) is 19.1 Å². The van der Waals surface area contributed by atoms with E-state index in [1.165, 1.54) is 70.6 Å². The van der Waals surface area contributed by atoms with E-state index < -0.39 is 5.97 Å². The van der Waals surface area contributed by atoms with Gasteiger partial charge in [-0.2, -0.15) is 0 Å². The van der Waals surface area contributed by atoms with Crippen LogP contribution < -0.4 is 0 Å². The smallest absolute Gasteiger partial charge is 0.303 e. The maximum Gasteiger partial charge on any atom is 0.303 e. The minimum absolute atomic E-state index is 0.0417. The zero-order valence-corrected chi connectivity index (χ0v) is 19.4. The molecule has 0 radical (unpaired) electrons. The molecule has 0 fully saturated rings. The summed E-state index contributed by atoms with van der Waals surface area (Å²) in [6.07, 6.45) is 21.2. The van der Waals surface area contributed by atoms with Crippen molar-refractivity contribution in [3.8, 4) is 0 Å². The van der Waals surface area contributed by atoms with Crippen molar-refractivity contribution < 1.29 is 29.6 Å². The van der Waals surface area contributed by atoms with Crippen LogP contribution in [0.25, 0.3) is 0 Å². The first-order chi connectivity index (χ1) is 14.7. The van der Waals surface area contributed by atoms with Gasteiger partial charge in [-0.1, -0.05) is 70.4 Å². The lowest BCUT2D eigenvalue weighted by Gasteiger charge is -2.01. The molecule has 0 aliphatic heterocycles. The third-order valence-corrected chi connectivity index (χ3v) is 4.50. The Labute approximate surface area is 184 Å². The highest BCUT2D eigenvalue weighted by molar-refractivity contribution is 5.66. The summed E-state index contributed by atoms with van der Waals surface area (Å²) in [7, 11) is 0. The fraction of sp³-hybridized carbons (Fsp3) is 0.875. The number of carboxylic acids is 1. The predicted molar refractivity (Wildman–Crippen MR) is 123 cm³/mol. The Bertz CT molecular complexity index is 339. The first-order valence-corrected chi connectivity index (χ1v) is 11.9. The normalized spacial score (nSPS) is 10.9. The van der Waals surface area contributed by atoms with E-state index in [9.17, 15) is 4.79 Å². The molecule has 0 amide bonds. The van der Waals surface area contributed by atoms with Crippen LogP contribution in [-0.4, -0.2) is 60.9 Å². The van der Waals surface area contributed by atoms with Gasteiger partial charge in [-0.25, -0.2) is 0 Å². The van der Waals surface area contributed by atoms with Crippen LogP contribution >= 0.6 is 0 Å². The molecule has 0 bridgehead atoms. The highest BCUT2D eigenvalue weighted by atomic mass is 16.5. The quantitative estimate of drug-likeness (QED) is 0.162. The van der Waals surface area contributed by atoms with Gasteiger partial charge in [-0.05, 0) is 32.1 Å². The molecule has 0 rings (SSSR count). The molecule has 0 saturated heterocycles. The fourth-order valence-electron chi connectivity index (χ4n) is 2.80. The molecule has 0 heterocycles. The Hall–Kier alpha value is -0.950. The Balaban J connectivity index is 0. The summed E-state index contributed by atoms with van der Waals surface area (Å²) in [5, 5.41) is 25.0. The van der Waals surface area contributed by atoms with Crippen molar-refractivity contribution in [2.24, 2.45) is 0 Å². The van der Waals surface area contributed by atoms with E-state index in [1.807, 2.05) is 0 Å². The lowest BCUT2D eigenvalue weighted by molar-refractivity contribution is -0.137. The molecule has 0 aromatic heterocycles. The Kier molecular flexibility index (Phi) is 31.5. The topological polar surface area (TPSA) is 96.2 Å². The van der Waals surface area contributed by atoms with Crippen molar-refractivity contribution in [1.29, 1.82) is 0 Å². The molecule has 6 nitrogen and oxygen atoms in total. The molecule has 0 aliphatic carbocycles. The SMILES string of the molecule is CCCCCCCC/C=C\CCCCCCCC(=O)O.OCCOCCOCCO. The standard InChI is InChI=1S/C18H34O2.C6H14O4/c1-2-3-4-5-6-7-8-9-10-11-12-13-14-15-16-17-18(19)20;7-1-3-9-5-6-10-4-2-8/h9-10H,2-8,11-17H2,1H3,(H,19,20);7-8H,1-6H2/b10-9-;. The van der Waals surface area contributed by atoms with Gasteiger partial charge in [0.1, 0.15) is 0 Å². The molecular weight excluding hydrogens is 384 g/mol. The number of aliphatic hydroxyl groups is 2. The van der Waals surface area contributed by atoms with Gasteiger partial charge in [0.05, 0.1) is 39.6 Å². The van der Waals surface area contributed by atoms with Gasteiger partial charge in [-0.15, -0.1) is 0 Å². The van der Waals surface area contributed by atoms with Crippen molar-refractivity contribution >= 4 is 5.97 Å². The third-order valence-electron chi connectivity index (χ3n) is 4.50. The minimum Gasteiger partial charge on any atom is -0.481 e. The molecule has 0 spiro atoms. The van der Waals surface area contributed by atoms with Crippen molar-refractivity contribution in [2.75, 3.05) is 39.6 Å². The molecule has 0 aromatic carbocycles. The Morgan fingerprint density at radius 3 is 1.53 bits per heavy atom. The highest BCUT2D eigenvalue weighted by Crippen LogP contribution is 2.09. The van der Waals surface area contributed by atoms with Crippen LogP contribution in [-0.2, 0) is 14.3 Å². The second kappa shape index (κ2) is 30.2. The van der Waals surface area contributed by atoms with Crippen LogP contribution in [0.5, 0.6) is 0 Å². The number of hydrogen-bond acceptors (Lipinski definition) is 5. The number of ether oxygens (including phenoxy) is 2. The highest BCUT2D eigenvalue weighted by Gasteiger charge is 1.95. The summed E-state index contributed by atoms with van der Waals surface area (Å²) in [5.74, 6) is -0.664. The van der Waals surface area contributed by atoms with Gasteiger partial charge in [-0.3, -0.25) is 4.79 Å². The van der Waals surface area contributed by atoms with E-state index in [4.69, 9.17) is 24.8 Å². The van der Waals surface area contributed by atoms with Gasteiger partial charge in [0, 0.05) is 6.42 Å². The minimum atomic E-state index is -0.664. The summed E-state index contributed by atoms with van der Waals surface area (Å²) in [4.78, 5) is 10.3. The maximum absolute atomic E-state index is 10.3. The lowest BCUT2D eigenvalue weighted by atomic mass is 10.1. The zero-order valence-electron chi connectivity index (χ0n) is 19.4. The number of hydrogen-bond donors (Lipinski definition) is 3. The van der Waals surface area contributed by atoms with Crippen molar-refractivity contribution in [3.63, 3.8) is 0 Å². The first-order valence-electron chi connectivity index (χ1n) is 11.9. The molecule has 180 valence electrons. The van der Waals surface area contributed by atoms with Gasteiger partial charge >= 0.3 is 5.97 Å². The van der Waals surface area contributed by atoms with E-state index in [-0.39, 0.29) is 13.2 Å². The number of aliphatic carboxylic acids is 1. The Morgan fingerprint density at radius 1 is 0.667 bits per heavy atom. The zero-order chi connectivity index (χ0) is 22.5. The molecular formula is C24H48O6. The molecule has 0 saturated carbocycles. The molecule has 30 heavy (non-hydrogen) atoms. The maximum atomic E-state index is 10.3. The second-order valence-electron chi connectivity index (χ2n) is 7.40. The molecule has 3 N–H and O–H groups in total. The van der Waals surface area contributed by atoms with Crippen LogP contribution in [0.4, 0.5) is 0 Å². The van der Waals surface area contributed by atoms with Crippen LogP contribution in [0, 0.1) is 0 Å². The van der Waals surface area contributed by atoms with Crippen molar-refractivity contribution in [2.45, 2.75) is 96.8 Å². The summed E-state index contributed by atoms with van der Waals surface area (Å²) in [5.41, 5.74) is 0. The third kappa shape index (κ3) is 34.5. The average molecular weight is 433 g/mol. The van der Waals surface area contributed by atoms with Crippen LogP contribution in [0.3, 0.4) is 0 Å². The molecule has 0 aliphatic rings. The number of aliphatic hydroxyl groups excluding tert-OH is 2. The summed E-state index contributed by atoms with van der Waals surface area (Å²) in [6.45, 7) is 3.99. The van der Waals surface area contributed by atoms with Gasteiger partial charge in [0.15, 0.2) is 0 Å². The number of carbonyl (C=O) groups is 1.